The summed E-state index contributed by atoms with van der Waals surface area (Å²) in [6.07, 6.45) is 7.53. The van der Waals surface area contributed by atoms with Crippen LogP contribution in [0.15, 0.2) is 0 Å². The second-order valence-corrected chi connectivity index (χ2v) is 8.21. The van der Waals surface area contributed by atoms with E-state index >= 15 is 0 Å². The lowest BCUT2D eigenvalue weighted by molar-refractivity contribution is -0.0143. The van der Waals surface area contributed by atoms with Gasteiger partial charge >= 0.3 is 0 Å². The second-order valence-electron chi connectivity index (χ2n) is 8.21. The van der Waals surface area contributed by atoms with Crippen molar-refractivity contribution < 1.29 is 4.74 Å². The molecule has 0 aromatic rings. The molecule has 0 spiro atoms. The molecule has 1 heterocycles. The van der Waals surface area contributed by atoms with Crippen molar-refractivity contribution in [2.45, 2.75) is 89.7 Å². The van der Waals surface area contributed by atoms with Crippen LogP contribution in [0, 0.1) is 11.8 Å². The number of likely N-dealkylation sites (tertiary alicyclic amines) is 1. The van der Waals surface area contributed by atoms with Crippen molar-refractivity contribution in [3.05, 3.63) is 0 Å². The van der Waals surface area contributed by atoms with E-state index in [-0.39, 0.29) is 5.54 Å². The fourth-order valence-corrected chi connectivity index (χ4v) is 5.36. The first-order chi connectivity index (χ1) is 9.89. The molecule has 3 heteroatoms. The number of fused-ring (bicyclic) bond motifs is 1. The van der Waals surface area contributed by atoms with E-state index < -0.39 is 0 Å². The summed E-state index contributed by atoms with van der Waals surface area (Å²) in [6, 6.07) is 1.30. The van der Waals surface area contributed by atoms with Crippen LogP contribution in [0.2, 0.25) is 5.82 Å². The van der Waals surface area contributed by atoms with Crippen molar-refractivity contribution in [1.29, 1.82) is 0 Å². The number of methoxy groups -OCH3 is 1. The van der Waals surface area contributed by atoms with Crippen LogP contribution in [0.25, 0.3) is 0 Å². The summed E-state index contributed by atoms with van der Waals surface area (Å²) >= 11 is 0. The highest BCUT2D eigenvalue weighted by molar-refractivity contribution is 6.11. The van der Waals surface area contributed by atoms with E-state index in [2.05, 4.69) is 32.6 Å². The van der Waals surface area contributed by atoms with E-state index in [4.69, 9.17) is 12.6 Å². The lowest BCUT2D eigenvalue weighted by atomic mass is 9.75. The molecule has 4 unspecified atom stereocenters. The predicted molar refractivity (Wildman–Crippen MR) is 90.9 cm³/mol. The molecule has 1 saturated heterocycles. The van der Waals surface area contributed by atoms with Crippen LogP contribution in [0.3, 0.4) is 0 Å². The minimum Gasteiger partial charge on any atom is -0.383 e. The summed E-state index contributed by atoms with van der Waals surface area (Å²) in [5, 5.41) is 0. The Morgan fingerprint density at radius 2 is 1.95 bits per heavy atom. The van der Waals surface area contributed by atoms with Gasteiger partial charge in [-0.15, -0.1) is 0 Å². The van der Waals surface area contributed by atoms with E-state index in [1.54, 1.807) is 0 Å². The largest absolute Gasteiger partial charge is 0.383 e. The number of hydrogen-bond acceptors (Lipinski definition) is 2. The Hall–Kier alpha value is -0.0151. The van der Waals surface area contributed by atoms with Gasteiger partial charge in [0.05, 0.1) is 14.5 Å². The summed E-state index contributed by atoms with van der Waals surface area (Å²) in [4.78, 5) is 2.82. The summed E-state index contributed by atoms with van der Waals surface area (Å²) in [5.41, 5.74) is 0.226. The van der Waals surface area contributed by atoms with Crippen molar-refractivity contribution in [3.8, 4) is 0 Å². The number of ether oxygens (including phenoxy) is 1. The fraction of sp³-hybridized carbons (Fsp3) is 1.00. The molecule has 2 nitrogen and oxygen atoms in total. The maximum absolute atomic E-state index is 6.33. The smallest absolute Gasteiger partial charge is 0.0699 e. The lowest BCUT2D eigenvalue weighted by Crippen LogP contribution is -2.54. The molecule has 1 saturated carbocycles. The Balaban J connectivity index is 2.30. The molecule has 4 atom stereocenters. The van der Waals surface area contributed by atoms with Gasteiger partial charge in [0.25, 0.3) is 0 Å². The predicted octanol–water partition coefficient (Wildman–Crippen LogP) is 4.05. The molecule has 0 aromatic carbocycles. The number of nitrogens with zero attached hydrogens (tertiary/aromatic N) is 1. The molecule has 2 aliphatic rings. The van der Waals surface area contributed by atoms with Gasteiger partial charge in [-0.1, -0.05) is 38.9 Å². The van der Waals surface area contributed by atoms with Crippen molar-refractivity contribution >= 4 is 7.85 Å². The lowest BCUT2D eigenvalue weighted by Gasteiger charge is -2.44. The van der Waals surface area contributed by atoms with E-state index in [0.717, 1.165) is 12.5 Å². The molecule has 1 aliphatic carbocycles. The van der Waals surface area contributed by atoms with Gasteiger partial charge in [-0.25, -0.2) is 0 Å². The van der Waals surface area contributed by atoms with Crippen molar-refractivity contribution in [3.63, 3.8) is 0 Å². The van der Waals surface area contributed by atoms with E-state index in [1.807, 2.05) is 7.11 Å². The first kappa shape index (κ1) is 17.3. The Kier molecular flexibility index (Phi) is 5.81. The summed E-state index contributed by atoms with van der Waals surface area (Å²) < 4.78 is 5.70. The van der Waals surface area contributed by atoms with Crippen LogP contribution in [0.1, 0.15) is 66.2 Å². The van der Waals surface area contributed by atoms with Crippen LogP contribution in [-0.2, 0) is 4.74 Å². The zero-order valence-corrected chi connectivity index (χ0v) is 14.8. The second kappa shape index (κ2) is 7.04. The number of rotatable bonds is 5. The van der Waals surface area contributed by atoms with E-state index in [1.165, 1.54) is 38.5 Å². The average Bonchev–Trinajstić information content (AvgIpc) is 2.51. The van der Waals surface area contributed by atoms with Crippen LogP contribution < -0.4 is 0 Å². The maximum atomic E-state index is 6.33. The van der Waals surface area contributed by atoms with Gasteiger partial charge in [-0.05, 0) is 44.9 Å². The van der Waals surface area contributed by atoms with Gasteiger partial charge in [0.1, 0.15) is 0 Å². The summed E-state index contributed by atoms with van der Waals surface area (Å²) in [5.74, 6) is 1.88. The monoisotopic (exact) mass is 291 g/mol. The molecular weight excluding hydrogens is 257 g/mol. The molecule has 0 amide bonds. The minimum absolute atomic E-state index is 0.226. The fourth-order valence-electron chi connectivity index (χ4n) is 5.36. The molecule has 0 aromatic heterocycles. The highest BCUT2D eigenvalue weighted by Gasteiger charge is 2.52. The van der Waals surface area contributed by atoms with Gasteiger partial charge < -0.3 is 4.74 Å². The molecule has 2 rings (SSSR count). The quantitative estimate of drug-likeness (QED) is 0.709. The standard InChI is InChI=1S/C18H34BNO/c1-13(2)10-18(12-21-5)11-15-9-16(19)7-6-8-17(15)20(18)14(3)4/h13-17H,6-12H2,1-5H3. The van der Waals surface area contributed by atoms with Crippen LogP contribution in [0.4, 0.5) is 0 Å². The Bertz CT molecular complexity index is 333. The average molecular weight is 291 g/mol. The molecule has 120 valence electrons. The minimum atomic E-state index is 0.226. The Morgan fingerprint density at radius 3 is 2.52 bits per heavy atom. The van der Waals surface area contributed by atoms with Crippen LogP contribution in [-0.4, -0.2) is 44.1 Å². The third-order valence-electron chi connectivity index (χ3n) is 5.53. The zero-order valence-electron chi connectivity index (χ0n) is 14.8. The molecular formula is C18H34BNO. The van der Waals surface area contributed by atoms with E-state index in [9.17, 15) is 0 Å². The topological polar surface area (TPSA) is 12.5 Å². The maximum Gasteiger partial charge on any atom is 0.0699 e. The molecule has 1 aliphatic heterocycles. The van der Waals surface area contributed by atoms with Gasteiger partial charge in [0, 0.05) is 24.7 Å². The third kappa shape index (κ3) is 3.67. The Morgan fingerprint density at radius 1 is 1.24 bits per heavy atom. The highest BCUT2D eigenvalue weighted by atomic mass is 16.5. The van der Waals surface area contributed by atoms with Gasteiger partial charge in [0.15, 0.2) is 0 Å². The van der Waals surface area contributed by atoms with Gasteiger partial charge in [-0.3, -0.25) is 4.90 Å². The first-order valence-corrected chi connectivity index (χ1v) is 8.92. The molecule has 0 bridgehead atoms. The first-order valence-electron chi connectivity index (χ1n) is 8.92. The SMILES string of the molecule is [B]C1CCCC2C(C1)CC(COC)(CC(C)C)N2C(C)C. The van der Waals surface area contributed by atoms with Crippen LogP contribution >= 0.6 is 0 Å². The summed E-state index contributed by atoms with van der Waals surface area (Å²) in [6.45, 7) is 10.3. The van der Waals surface area contributed by atoms with Crippen molar-refractivity contribution in [2.75, 3.05) is 13.7 Å². The van der Waals surface area contributed by atoms with E-state index in [0.29, 0.717) is 23.8 Å². The van der Waals surface area contributed by atoms with Gasteiger partial charge in [0.2, 0.25) is 0 Å². The van der Waals surface area contributed by atoms with Crippen LogP contribution in [0.5, 0.6) is 0 Å². The van der Waals surface area contributed by atoms with Crippen molar-refractivity contribution in [2.24, 2.45) is 11.8 Å². The van der Waals surface area contributed by atoms with Gasteiger partial charge in [-0.2, -0.15) is 0 Å². The normalized spacial score (nSPS) is 38.0. The highest BCUT2D eigenvalue weighted by Crippen LogP contribution is 2.49. The Labute approximate surface area is 133 Å². The van der Waals surface area contributed by atoms with Crippen molar-refractivity contribution in [1.82, 2.24) is 4.90 Å². The molecule has 0 N–H and O–H groups in total. The molecule has 2 fully saturated rings. The third-order valence-corrected chi connectivity index (χ3v) is 5.53. The molecule has 2 radical (unpaired) electrons. The number of hydrogen-bond donors (Lipinski definition) is 0. The molecule has 21 heavy (non-hydrogen) atoms. The summed E-state index contributed by atoms with van der Waals surface area (Å²) in [7, 11) is 8.19. The zero-order chi connectivity index (χ0) is 15.6.